The normalized spacial score (nSPS) is 20.6. The highest BCUT2D eigenvalue weighted by atomic mass is 19.2. The molecule has 6 heteroatoms. The maximum Gasteiger partial charge on any atom is 0.184 e. The van der Waals surface area contributed by atoms with E-state index in [0.29, 0.717) is 25.3 Å². The molecule has 0 bridgehead atoms. The van der Waals surface area contributed by atoms with Crippen LogP contribution in [0.4, 0.5) is 25.8 Å². The van der Waals surface area contributed by atoms with Crippen LogP contribution < -0.4 is 16.0 Å². The molecule has 134 valence electrons. The highest BCUT2D eigenvalue weighted by Gasteiger charge is 2.26. The van der Waals surface area contributed by atoms with Crippen molar-refractivity contribution in [1.82, 2.24) is 0 Å². The third-order valence-corrected chi connectivity index (χ3v) is 4.28. The summed E-state index contributed by atoms with van der Waals surface area (Å²) in [4.78, 5) is 1.83. The molecule has 2 aromatic rings. The quantitative estimate of drug-likeness (QED) is 0.827. The number of nitrogens with zero attached hydrogens (tertiary/aromatic N) is 1. The van der Waals surface area contributed by atoms with Crippen LogP contribution in [-0.2, 0) is 11.3 Å². The molecule has 1 fully saturated rings. The van der Waals surface area contributed by atoms with Crippen LogP contribution in [0.15, 0.2) is 36.4 Å². The number of ether oxygens (including phenoxy) is 1. The number of nitrogen functional groups attached to an aromatic ring is 1. The van der Waals surface area contributed by atoms with Crippen molar-refractivity contribution < 1.29 is 13.5 Å². The van der Waals surface area contributed by atoms with E-state index in [1.807, 2.05) is 30.9 Å². The molecule has 1 aliphatic rings. The summed E-state index contributed by atoms with van der Waals surface area (Å²) in [6, 6.07) is 10.4. The van der Waals surface area contributed by atoms with Crippen LogP contribution in [-0.4, -0.2) is 25.3 Å². The first-order valence-corrected chi connectivity index (χ1v) is 8.40. The van der Waals surface area contributed by atoms with Crippen molar-refractivity contribution in [3.63, 3.8) is 0 Å². The fourth-order valence-electron chi connectivity index (χ4n) is 3.13. The Morgan fingerprint density at radius 3 is 2.32 bits per heavy atom. The smallest absolute Gasteiger partial charge is 0.184 e. The van der Waals surface area contributed by atoms with Crippen LogP contribution in [0.1, 0.15) is 19.4 Å². The Morgan fingerprint density at radius 1 is 1.04 bits per heavy atom. The van der Waals surface area contributed by atoms with Gasteiger partial charge in [0, 0.05) is 25.3 Å². The summed E-state index contributed by atoms with van der Waals surface area (Å²) in [5, 5.41) is 2.94. The van der Waals surface area contributed by atoms with E-state index >= 15 is 0 Å². The van der Waals surface area contributed by atoms with E-state index in [1.54, 1.807) is 24.3 Å². The second kappa shape index (κ2) is 7.27. The van der Waals surface area contributed by atoms with Gasteiger partial charge in [-0.25, -0.2) is 8.78 Å². The summed E-state index contributed by atoms with van der Waals surface area (Å²) in [6.45, 7) is 5.33. The van der Waals surface area contributed by atoms with Crippen LogP contribution in [0.2, 0.25) is 0 Å². The first-order chi connectivity index (χ1) is 11.9. The SMILES string of the molecule is C[C@@H]1CN(c2ccc(NCc3ccc(N)cc3)c(F)c2F)C[C@H](C)O1. The van der Waals surface area contributed by atoms with Gasteiger partial charge in [-0.2, -0.15) is 0 Å². The summed E-state index contributed by atoms with van der Waals surface area (Å²) in [5.41, 5.74) is 7.67. The first kappa shape index (κ1) is 17.5. The fourth-order valence-corrected chi connectivity index (χ4v) is 3.13. The van der Waals surface area contributed by atoms with Crippen molar-refractivity contribution in [1.29, 1.82) is 0 Å². The van der Waals surface area contributed by atoms with Crippen LogP contribution in [0.3, 0.4) is 0 Å². The Kier molecular flexibility index (Phi) is 5.08. The lowest BCUT2D eigenvalue weighted by Crippen LogP contribution is -2.45. The van der Waals surface area contributed by atoms with Crippen LogP contribution in [0.25, 0.3) is 0 Å². The number of morpholine rings is 1. The lowest BCUT2D eigenvalue weighted by Gasteiger charge is -2.37. The van der Waals surface area contributed by atoms with Crippen molar-refractivity contribution in [3.8, 4) is 0 Å². The monoisotopic (exact) mass is 347 g/mol. The third-order valence-electron chi connectivity index (χ3n) is 4.28. The molecule has 25 heavy (non-hydrogen) atoms. The molecule has 0 saturated carbocycles. The first-order valence-electron chi connectivity index (χ1n) is 8.40. The molecule has 0 unspecified atom stereocenters. The Bertz CT molecular complexity index is 726. The zero-order valence-corrected chi connectivity index (χ0v) is 14.4. The van der Waals surface area contributed by atoms with Crippen molar-refractivity contribution in [2.75, 3.05) is 29.0 Å². The van der Waals surface area contributed by atoms with E-state index in [2.05, 4.69) is 5.32 Å². The number of benzene rings is 2. The van der Waals surface area contributed by atoms with Gasteiger partial charge in [0.1, 0.15) is 0 Å². The van der Waals surface area contributed by atoms with Crippen molar-refractivity contribution in [2.45, 2.75) is 32.6 Å². The van der Waals surface area contributed by atoms with Crippen molar-refractivity contribution in [3.05, 3.63) is 53.6 Å². The average Bonchev–Trinajstić information content (AvgIpc) is 2.57. The second-order valence-electron chi connectivity index (χ2n) is 6.52. The summed E-state index contributed by atoms with van der Waals surface area (Å²) >= 11 is 0. The topological polar surface area (TPSA) is 50.5 Å². The summed E-state index contributed by atoms with van der Waals surface area (Å²) in [6.07, 6.45) is -0.0379. The molecule has 2 atom stereocenters. The van der Waals surface area contributed by atoms with Crippen LogP contribution in [0, 0.1) is 11.6 Å². The van der Waals surface area contributed by atoms with Gasteiger partial charge in [-0.15, -0.1) is 0 Å². The molecule has 0 radical (unpaired) electrons. The van der Waals surface area contributed by atoms with Gasteiger partial charge in [0.2, 0.25) is 0 Å². The third kappa shape index (κ3) is 4.02. The standard InChI is InChI=1S/C19H23F2N3O/c1-12-10-24(11-13(2)25-12)17-8-7-16(18(20)19(17)21)23-9-14-3-5-15(22)6-4-14/h3-8,12-13,23H,9-11,22H2,1-2H3/t12-,13+. The number of nitrogens with one attached hydrogen (secondary N) is 1. The van der Waals surface area contributed by atoms with Gasteiger partial charge >= 0.3 is 0 Å². The van der Waals surface area contributed by atoms with Gasteiger partial charge < -0.3 is 20.7 Å². The van der Waals surface area contributed by atoms with Gasteiger partial charge in [0.05, 0.1) is 23.6 Å². The van der Waals surface area contributed by atoms with Gasteiger partial charge in [0.15, 0.2) is 11.6 Å². The number of rotatable bonds is 4. The fraction of sp³-hybridized carbons (Fsp3) is 0.368. The molecule has 0 aliphatic carbocycles. The van der Waals surface area contributed by atoms with E-state index in [-0.39, 0.29) is 23.6 Å². The molecular formula is C19H23F2N3O. The lowest BCUT2D eigenvalue weighted by molar-refractivity contribution is -0.00542. The van der Waals surface area contributed by atoms with E-state index in [1.165, 1.54) is 0 Å². The molecular weight excluding hydrogens is 324 g/mol. The molecule has 0 aromatic heterocycles. The molecule has 2 aromatic carbocycles. The number of halogens is 2. The van der Waals surface area contributed by atoms with Gasteiger partial charge in [-0.1, -0.05) is 12.1 Å². The molecule has 0 amide bonds. The highest BCUT2D eigenvalue weighted by molar-refractivity contribution is 5.58. The molecule has 1 heterocycles. The minimum Gasteiger partial charge on any atom is -0.399 e. The minimum absolute atomic E-state index is 0.0190. The van der Waals surface area contributed by atoms with Crippen molar-refractivity contribution in [2.24, 2.45) is 0 Å². The summed E-state index contributed by atoms with van der Waals surface area (Å²) in [5.74, 6) is -1.69. The molecule has 0 spiro atoms. The average molecular weight is 347 g/mol. The van der Waals surface area contributed by atoms with E-state index in [0.717, 1.165) is 5.56 Å². The zero-order chi connectivity index (χ0) is 18.0. The summed E-state index contributed by atoms with van der Waals surface area (Å²) in [7, 11) is 0. The minimum atomic E-state index is -0.861. The zero-order valence-electron chi connectivity index (χ0n) is 14.4. The lowest BCUT2D eigenvalue weighted by atomic mass is 10.1. The maximum atomic E-state index is 14.6. The van der Waals surface area contributed by atoms with E-state index in [9.17, 15) is 8.78 Å². The highest BCUT2D eigenvalue weighted by Crippen LogP contribution is 2.29. The van der Waals surface area contributed by atoms with Gasteiger partial charge in [-0.05, 0) is 43.7 Å². The number of anilines is 3. The maximum absolute atomic E-state index is 14.6. The summed E-state index contributed by atoms with van der Waals surface area (Å²) < 4.78 is 34.7. The van der Waals surface area contributed by atoms with Crippen LogP contribution >= 0.6 is 0 Å². The van der Waals surface area contributed by atoms with E-state index in [4.69, 9.17) is 10.5 Å². The molecule has 3 N–H and O–H groups in total. The molecule has 1 saturated heterocycles. The molecule has 1 aliphatic heterocycles. The Morgan fingerprint density at radius 2 is 1.68 bits per heavy atom. The van der Waals surface area contributed by atoms with Gasteiger partial charge in [-0.3, -0.25) is 0 Å². The van der Waals surface area contributed by atoms with Crippen molar-refractivity contribution >= 4 is 17.1 Å². The van der Waals surface area contributed by atoms with Crippen LogP contribution in [0.5, 0.6) is 0 Å². The van der Waals surface area contributed by atoms with Gasteiger partial charge in [0.25, 0.3) is 0 Å². The number of nitrogens with two attached hydrogens (primary N) is 1. The Hall–Kier alpha value is -2.34. The van der Waals surface area contributed by atoms with E-state index < -0.39 is 11.6 Å². The number of hydrogen-bond donors (Lipinski definition) is 2. The predicted molar refractivity (Wildman–Crippen MR) is 96.8 cm³/mol. The second-order valence-corrected chi connectivity index (χ2v) is 6.52. The number of hydrogen-bond acceptors (Lipinski definition) is 4. The Balaban J connectivity index is 1.74. The predicted octanol–water partition coefficient (Wildman–Crippen LogP) is 3.77. The Labute approximate surface area is 146 Å². The largest absolute Gasteiger partial charge is 0.399 e. The molecule has 3 rings (SSSR count). The molecule has 4 nitrogen and oxygen atoms in total.